The smallest absolute Gasteiger partial charge is 0.266 e. The summed E-state index contributed by atoms with van der Waals surface area (Å²) >= 11 is 0. The van der Waals surface area contributed by atoms with Crippen LogP contribution in [0.5, 0.6) is 5.75 Å². The zero-order chi connectivity index (χ0) is 22.2. The van der Waals surface area contributed by atoms with E-state index in [0.717, 1.165) is 21.9 Å². The van der Waals surface area contributed by atoms with Crippen molar-refractivity contribution < 1.29 is 23.6 Å². The Labute approximate surface area is 184 Å². The second-order valence-corrected chi connectivity index (χ2v) is 7.65. The predicted octanol–water partition coefficient (Wildman–Crippen LogP) is 4.28. The molecule has 0 aromatic heterocycles. The summed E-state index contributed by atoms with van der Waals surface area (Å²) in [5.74, 6) is -1.29. The molecule has 0 bridgehead atoms. The third-order valence-corrected chi connectivity index (χ3v) is 5.74. The Bertz CT molecular complexity index is 1130. The number of halogens is 1. The summed E-state index contributed by atoms with van der Waals surface area (Å²) in [5, 5.41) is 1.64. The van der Waals surface area contributed by atoms with Crippen LogP contribution in [0, 0.1) is 11.7 Å². The number of hydroxylamine groups is 1. The Kier molecular flexibility index (Phi) is 5.11. The second-order valence-electron chi connectivity index (χ2n) is 7.65. The van der Waals surface area contributed by atoms with E-state index in [9.17, 15) is 14.0 Å². The van der Waals surface area contributed by atoms with E-state index in [2.05, 4.69) is 0 Å². The number of rotatable bonds is 5. The van der Waals surface area contributed by atoms with Crippen molar-refractivity contribution in [1.29, 1.82) is 0 Å². The van der Waals surface area contributed by atoms with Crippen molar-refractivity contribution >= 4 is 23.2 Å². The Morgan fingerprint density at radius 1 is 0.875 bits per heavy atom. The maximum Gasteiger partial charge on any atom is 0.266 e. The number of carbonyl (C=O) groups excluding carboxylic acids is 2. The number of benzene rings is 3. The minimum Gasteiger partial charge on any atom is -0.494 e. The average molecular weight is 432 g/mol. The maximum atomic E-state index is 13.5. The largest absolute Gasteiger partial charge is 0.494 e. The van der Waals surface area contributed by atoms with Crippen molar-refractivity contribution in [2.45, 2.75) is 19.1 Å². The number of para-hydroxylation sites is 1. The summed E-state index contributed by atoms with van der Waals surface area (Å²) in [5.41, 5.74) is 1.90. The van der Waals surface area contributed by atoms with Crippen LogP contribution >= 0.6 is 0 Å². The summed E-state index contributed by atoms with van der Waals surface area (Å²) < 4.78 is 18.9. The van der Waals surface area contributed by atoms with Gasteiger partial charge in [-0.1, -0.05) is 30.3 Å². The monoisotopic (exact) mass is 432 g/mol. The highest BCUT2D eigenvalue weighted by molar-refractivity contribution is 6.23. The Morgan fingerprint density at radius 2 is 1.56 bits per heavy atom. The van der Waals surface area contributed by atoms with E-state index in [1.807, 2.05) is 61.5 Å². The first kappa shape index (κ1) is 20.2. The van der Waals surface area contributed by atoms with Gasteiger partial charge in [-0.15, -0.1) is 0 Å². The summed E-state index contributed by atoms with van der Waals surface area (Å²) in [6.07, 6.45) is -0.968. The molecule has 7 heteroatoms. The number of anilines is 2. The van der Waals surface area contributed by atoms with Crippen LogP contribution in [0.15, 0.2) is 78.9 Å². The van der Waals surface area contributed by atoms with Gasteiger partial charge in [0.2, 0.25) is 5.91 Å². The molecule has 6 nitrogen and oxygen atoms in total. The van der Waals surface area contributed by atoms with Gasteiger partial charge in [0.25, 0.3) is 5.91 Å². The van der Waals surface area contributed by atoms with Crippen molar-refractivity contribution in [3.63, 3.8) is 0 Å². The minimum atomic E-state index is -0.968. The van der Waals surface area contributed by atoms with Gasteiger partial charge in [-0.05, 0) is 61.0 Å². The SMILES string of the molecule is CCOc1ccc(C2C3C(=O)N(c4ccc(F)cc4)C(=O)C3ON2c2ccccc2)cc1. The van der Waals surface area contributed by atoms with Crippen LogP contribution in [-0.2, 0) is 14.4 Å². The summed E-state index contributed by atoms with van der Waals surface area (Å²) in [6, 6.07) is 21.6. The zero-order valence-corrected chi connectivity index (χ0v) is 17.4. The highest BCUT2D eigenvalue weighted by atomic mass is 19.1. The van der Waals surface area contributed by atoms with Crippen molar-refractivity contribution in [3.05, 3.63) is 90.2 Å². The molecule has 162 valence electrons. The Balaban J connectivity index is 1.55. The van der Waals surface area contributed by atoms with Gasteiger partial charge in [0, 0.05) is 0 Å². The van der Waals surface area contributed by atoms with Crippen LogP contribution in [0.4, 0.5) is 15.8 Å². The van der Waals surface area contributed by atoms with E-state index in [4.69, 9.17) is 9.57 Å². The fraction of sp³-hybridized carbons (Fsp3) is 0.200. The van der Waals surface area contributed by atoms with E-state index in [1.165, 1.54) is 24.3 Å². The van der Waals surface area contributed by atoms with Crippen LogP contribution in [0.1, 0.15) is 18.5 Å². The number of carbonyl (C=O) groups is 2. The molecule has 2 fully saturated rings. The van der Waals surface area contributed by atoms with Gasteiger partial charge in [-0.25, -0.2) is 14.4 Å². The molecule has 3 aromatic rings. The lowest BCUT2D eigenvalue weighted by molar-refractivity contribution is -0.126. The summed E-state index contributed by atoms with van der Waals surface area (Å²) in [4.78, 5) is 33.9. The van der Waals surface area contributed by atoms with E-state index in [1.54, 1.807) is 5.06 Å². The molecule has 3 atom stereocenters. The molecule has 5 rings (SSSR count). The maximum absolute atomic E-state index is 13.5. The molecular weight excluding hydrogens is 411 g/mol. The van der Waals surface area contributed by atoms with Crippen LogP contribution in [0.2, 0.25) is 0 Å². The topological polar surface area (TPSA) is 59.1 Å². The predicted molar refractivity (Wildman–Crippen MR) is 117 cm³/mol. The molecule has 0 aliphatic carbocycles. The van der Waals surface area contributed by atoms with Crippen molar-refractivity contribution in [3.8, 4) is 5.75 Å². The van der Waals surface area contributed by atoms with Crippen LogP contribution < -0.4 is 14.7 Å². The molecule has 2 heterocycles. The summed E-state index contributed by atoms with van der Waals surface area (Å²) in [7, 11) is 0. The van der Waals surface area contributed by atoms with Gasteiger partial charge in [0.05, 0.1) is 24.0 Å². The molecule has 0 radical (unpaired) electrons. The van der Waals surface area contributed by atoms with Crippen LogP contribution in [0.3, 0.4) is 0 Å². The minimum absolute atomic E-state index is 0.330. The molecule has 0 N–H and O–H groups in total. The van der Waals surface area contributed by atoms with Crippen LogP contribution in [0.25, 0.3) is 0 Å². The molecule has 2 aliphatic heterocycles. The van der Waals surface area contributed by atoms with Gasteiger partial charge in [-0.2, -0.15) is 0 Å². The van der Waals surface area contributed by atoms with E-state index in [0.29, 0.717) is 12.3 Å². The lowest BCUT2D eigenvalue weighted by Gasteiger charge is -2.28. The fourth-order valence-corrected chi connectivity index (χ4v) is 4.32. The van der Waals surface area contributed by atoms with Gasteiger partial charge >= 0.3 is 0 Å². The van der Waals surface area contributed by atoms with Gasteiger partial charge < -0.3 is 4.74 Å². The number of nitrogens with zero attached hydrogens (tertiary/aromatic N) is 2. The molecular formula is C25H21FN2O4. The van der Waals surface area contributed by atoms with E-state index >= 15 is 0 Å². The second kappa shape index (κ2) is 8.09. The molecule has 2 saturated heterocycles. The molecule has 3 aromatic carbocycles. The van der Waals surface area contributed by atoms with Gasteiger partial charge in [0.1, 0.15) is 17.5 Å². The van der Waals surface area contributed by atoms with Crippen LogP contribution in [-0.4, -0.2) is 24.5 Å². The lowest BCUT2D eigenvalue weighted by atomic mass is 9.90. The Hall–Kier alpha value is -3.71. The number of amides is 2. The quantitative estimate of drug-likeness (QED) is 0.564. The van der Waals surface area contributed by atoms with Crippen molar-refractivity contribution in [2.75, 3.05) is 16.6 Å². The first-order valence-electron chi connectivity index (χ1n) is 10.5. The standard InChI is InChI=1S/C25H21FN2O4/c1-2-31-20-14-8-16(9-15-20)22-21-23(32-28(22)19-6-4-3-5-7-19)25(30)27(24(21)29)18-12-10-17(26)11-13-18/h3-15,21-23H,2H2,1H3. The van der Waals surface area contributed by atoms with E-state index in [-0.39, 0.29) is 5.91 Å². The number of ether oxygens (including phenoxy) is 1. The van der Waals surface area contributed by atoms with Gasteiger partial charge in [0.15, 0.2) is 6.10 Å². The number of fused-ring (bicyclic) bond motifs is 1. The molecule has 32 heavy (non-hydrogen) atoms. The Morgan fingerprint density at radius 3 is 2.22 bits per heavy atom. The number of imide groups is 1. The molecule has 3 unspecified atom stereocenters. The van der Waals surface area contributed by atoms with Crippen molar-refractivity contribution in [2.24, 2.45) is 5.92 Å². The summed E-state index contributed by atoms with van der Waals surface area (Å²) in [6.45, 7) is 2.46. The third kappa shape index (κ3) is 3.31. The number of hydrogen-bond acceptors (Lipinski definition) is 5. The fourth-order valence-electron chi connectivity index (χ4n) is 4.32. The molecule has 2 amide bonds. The molecule has 0 saturated carbocycles. The first-order chi connectivity index (χ1) is 15.6. The average Bonchev–Trinajstić information content (AvgIpc) is 3.32. The first-order valence-corrected chi connectivity index (χ1v) is 10.5. The zero-order valence-electron chi connectivity index (χ0n) is 17.4. The van der Waals surface area contributed by atoms with Crippen molar-refractivity contribution in [1.82, 2.24) is 0 Å². The number of hydrogen-bond donors (Lipinski definition) is 0. The molecule has 0 spiro atoms. The molecule has 2 aliphatic rings. The third-order valence-electron chi connectivity index (χ3n) is 5.74. The normalized spacial score (nSPS) is 22.4. The highest BCUT2D eigenvalue weighted by Gasteiger charge is 2.60. The lowest BCUT2D eigenvalue weighted by Crippen LogP contribution is -2.37. The van der Waals surface area contributed by atoms with E-state index < -0.39 is 29.8 Å². The van der Waals surface area contributed by atoms with Gasteiger partial charge in [-0.3, -0.25) is 14.4 Å². The highest BCUT2D eigenvalue weighted by Crippen LogP contribution is 2.47.